The van der Waals surface area contributed by atoms with E-state index in [2.05, 4.69) is 37.3 Å². The van der Waals surface area contributed by atoms with Crippen molar-refractivity contribution in [3.63, 3.8) is 0 Å². The van der Waals surface area contributed by atoms with E-state index in [0.29, 0.717) is 0 Å². The van der Waals surface area contributed by atoms with Gasteiger partial charge in [-0.2, -0.15) is 0 Å². The summed E-state index contributed by atoms with van der Waals surface area (Å²) < 4.78 is 1.65. The summed E-state index contributed by atoms with van der Waals surface area (Å²) in [5.41, 5.74) is 3.00. The van der Waals surface area contributed by atoms with Gasteiger partial charge in [-0.05, 0) is 0 Å². The Kier molecular flexibility index (Phi) is 2.40. The SMILES string of the molecule is CCC1[C]([Na])=Cc2ccccc21. The Morgan fingerprint density at radius 2 is 2.08 bits per heavy atom. The molecule has 1 atom stereocenters. The van der Waals surface area contributed by atoms with Crippen LogP contribution in [0.1, 0.15) is 30.4 Å². The molecule has 0 fully saturated rings. The van der Waals surface area contributed by atoms with Crippen molar-refractivity contribution in [1.29, 1.82) is 0 Å². The van der Waals surface area contributed by atoms with E-state index >= 15 is 0 Å². The summed E-state index contributed by atoms with van der Waals surface area (Å²) in [6.07, 6.45) is 3.63. The topological polar surface area (TPSA) is 0 Å². The van der Waals surface area contributed by atoms with Crippen molar-refractivity contribution in [2.45, 2.75) is 19.3 Å². The molecule has 0 aliphatic heterocycles. The fourth-order valence-corrected chi connectivity index (χ4v) is 3.12. The van der Waals surface area contributed by atoms with Gasteiger partial charge in [-0.15, -0.1) is 0 Å². The van der Waals surface area contributed by atoms with Gasteiger partial charge < -0.3 is 0 Å². The van der Waals surface area contributed by atoms with Gasteiger partial charge >= 0.3 is 91.5 Å². The first-order valence-electron chi connectivity index (χ1n) is 4.60. The van der Waals surface area contributed by atoms with Crippen molar-refractivity contribution in [3.8, 4) is 0 Å². The van der Waals surface area contributed by atoms with Gasteiger partial charge in [0, 0.05) is 0 Å². The van der Waals surface area contributed by atoms with Crippen molar-refractivity contribution in [3.05, 3.63) is 38.2 Å². The molecule has 56 valence electrons. The molecule has 0 heterocycles. The molecule has 0 bridgehead atoms. The molecule has 1 aliphatic rings. The van der Waals surface area contributed by atoms with Crippen LogP contribution in [0.3, 0.4) is 0 Å². The van der Waals surface area contributed by atoms with Crippen molar-refractivity contribution >= 4 is 34.0 Å². The molecule has 2 rings (SSSR count). The van der Waals surface area contributed by atoms with Crippen LogP contribution in [-0.2, 0) is 0 Å². The predicted octanol–water partition coefficient (Wildman–Crippen LogP) is 2.70. The van der Waals surface area contributed by atoms with E-state index in [1.807, 2.05) is 0 Å². The van der Waals surface area contributed by atoms with Crippen molar-refractivity contribution in [2.75, 3.05) is 0 Å². The molecular weight excluding hydrogens is 155 g/mol. The summed E-state index contributed by atoms with van der Waals surface area (Å²) in [4.78, 5) is 0. The molecule has 1 aliphatic carbocycles. The van der Waals surface area contributed by atoms with E-state index in [-0.39, 0.29) is 0 Å². The normalized spacial score (nSPS) is 20.6. The van der Waals surface area contributed by atoms with Gasteiger partial charge in [0.15, 0.2) is 0 Å². The fourth-order valence-electron chi connectivity index (χ4n) is 2.09. The summed E-state index contributed by atoms with van der Waals surface area (Å²) >= 11 is 1.21. The van der Waals surface area contributed by atoms with Crippen molar-refractivity contribution in [2.24, 2.45) is 0 Å². The van der Waals surface area contributed by atoms with Gasteiger partial charge in [-0.3, -0.25) is 0 Å². The summed E-state index contributed by atoms with van der Waals surface area (Å²) in [6.45, 7) is 2.28. The van der Waals surface area contributed by atoms with Crippen LogP contribution in [0.2, 0.25) is 0 Å². The fraction of sp³-hybridized carbons (Fsp3) is 0.273. The maximum atomic E-state index is 2.37. The average molecular weight is 166 g/mol. The molecule has 0 aromatic heterocycles. The molecule has 12 heavy (non-hydrogen) atoms. The monoisotopic (exact) mass is 166 g/mol. The van der Waals surface area contributed by atoms with E-state index in [9.17, 15) is 0 Å². The molecule has 0 saturated heterocycles. The molecule has 0 spiro atoms. The van der Waals surface area contributed by atoms with E-state index < -0.39 is 0 Å². The van der Waals surface area contributed by atoms with E-state index in [0.717, 1.165) is 5.92 Å². The molecule has 1 heteroatoms. The minimum atomic E-state index is 0.743. The Bertz CT molecular complexity index is 326. The van der Waals surface area contributed by atoms with Crippen LogP contribution in [0, 0.1) is 0 Å². The van der Waals surface area contributed by atoms with Crippen LogP contribution < -0.4 is 0 Å². The van der Waals surface area contributed by atoms with Gasteiger partial charge in [-0.1, -0.05) is 0 Å². The first kappa shape index (κ1) is 8.55. The molecule has 0 N–H and O–H groups in total. The minimum absolute atomic E-state index is 0.743. The number of rotatable bonds is 1. The summed E-state index contributed by atoms with van der Waals surface area (Å²) in [5, 5.41) is 0. The summed E-state index contributed by atoms with van der Waals surface area (Å²) in [6, 6.07) is 8.77. The van der Waals surface area contributed by atoms with Gasteiger partial charge in [0.1, 0.15) is 0 Å². The molecule has 0 amide bonds. The van der Waals surface area contributed by atoms with Crippen LogP contribution in [0.15, 0.2) is 27.1 Å². The van der Waals surface area contributed by atoms with Gasteiger partial charge in [-0.25, -0.2) is 0 Å². The number of benzene rings is 1. The Labute approximate surface area is 91.1 Å². The van der Waals surface area contributed by atoms with Crippen LogP contribution >= 0.6 is 0 Å². The third kappa shape index (κ3) is 1.28. The van der Waals surface area contributed by atoms with E-state index in [1.165, 1.54) is 39.9 Å². The molecule has 0 radical (unpaired) electrons. The number of fused-ring (bicyclic) bond motifs is 1. The second kappa shape index (κ2) is 3.37. The molecule has 1 unspecified atom stereocenters. The number of hydrogen-bond acceptors (Lipinski definition) is 0. The average Bonchev–Trinajstić information content (AvgIpc) is 2.40. The third-order valence-corrected chi connectivity index (χ3v) is 3.70. The second-order valence-electron chi connectivity index (χ2n) is 3.48. The molecular formula is C11H11Na. The van der Waals surface area contributed by atoms with Gasteiger partial charge in [0.05, 0.1) is 0 Å². The summed E-state index contributed by atoms with van der Waals surface area (Å²) in [7, 11) is 0. The summed E-state index contributed by atoms with van der Waals surface area (Å²) in [5.74, 6) is 0.743. The van der Waals surface area contributed by atoms with Gasteiger partial charge in [0.2, 0.25) is 0 Å². The Morgan fingerprint density at radius 1 is 1.33 bits per heavy atom. The quantitative estimate of drug-likeness (QED) is 0.563. The van der Waals surface area contributed by atoms with Crippen LogP contribution in [0.5, 0.6) is 0 Å². The predicted molar refractivity (Wildman–Crippen MR) is 53.2 cm³/mol. The Balaban J connectivity index is 2.50. The first-order chi connectivity index (χ1) is 5.83. The molecule has 1 aromatic carbocycles. The van der Waals surface area contributed by atoms with E-state index in [1.54, 1.807) is 8.39 Å². The standard InChI is InChI=1S/C11H11.Na/c1-2-9-7-8-10-5-3-4-6-11(9)10;/h3-6,8-9H,2H2,1H3;. The maximum absolute atomic E-state index is 2.37. The second-order valence-corrected chi connectivity index (χ2v) is 4.63. The zero-order valence-electron chi connectivity index (χ0n) is 7.67. The molecule has 0 nitrogen and oxygen atoms in total. The Morgan fingerprint density at radius 3 is 2.83 bits per heavy atom. The zero-order chi connectivity index (χ0) is 8.55. The van der Waals surface area contributed by atoms with Crippen molar-refractivity contribution < 1.29 is 0 Å². The molecule has 1 aromatic rings. The molecule has 0 saturated carbocycles. The van der Waals surface area contributed by atoms with Gasteiger partial charge in [0.25, 0.3) is 0 Å². The number of hydrogen-bond donors (Lipinski definition) is 0. The van der Waals surface area contributed by atoms with E-state index in [4.69, 9.17) is 0 Å². The van der Waals surface area contributed by atoms with Crippen molar-refractivity contribution in [1.82, 2.24) is 0 Å². The number of allylic oxidation sites excluding steroid dienone is 1. The zero-order valence-corrected chi connectivity index (χ0v) is 9.67. The van der Waals surface area contributed by atoms with Crippen LogP contribution in [0.25, 0.3) is 6.08 Å². The Hall–Kier alpha value is -0.0400. The van der Waals surface area contributed by atoms with Crippen LogP contribution in [-0.4, -0.2) is 27.9 Å². The first-order valence-corrected chi connectivity index (χ1v) is 5.60. The third-order valence-electron chi connectivity index (χ3n) is 2.71. The van der Waals surface area contributed by atoms with Crippen LogP contribution in [0.4, 0.5) is 0 Å².